The number of allylic oxidation sites excluding steroid dienone is 1. The maximum Gasteiger partial charge on any atom is 0.168 e. The lowest BCUT2D eigenvalue weighted by Crippen LogP contribution is -2.54. The van der Waals surface area contributed by atoms with Crippen LogP contribution in [0.3, 0.4) is 0 Å². The van der Waals surface area contributed by atoms with Crippen molar-refractivity contribution in [2.24, 2.45) is 0 Å². The normalized spacial score (nSPS) is 44.0. The zero-order chi connectivity index (χ0) is 17.4. The van der Waals surface area contributed by atoms with Gasteiger partial charge >= 0.3 is 0 Å². The predicted molar refractivity (Wildman–Crippen MR) is 87.5 cm³/mol. The lowest BCUT2D eigenvalue weighted by molar-refractivity contribution is -0.233. The Hall–Kier alpha value is -0.500. The molecule has 0 aromatic heterocycles. The summed E-state index contributed by atoms with van der Waals surface area (Å²) in [6.45, 7) is 6.02. The van der Waals surface area contributed by atoms with Gasteiger partial charge in [0, 0.05) is 20.1 Å². The summed E-state index contributed by atoms with van der Waals surface area (Å²) >= 11 is 0. The zero-order valence-corrected chi connectivity index (χ0v) is 15.1. The molecular weight excluding hydrogens is 312 g/mol. The third-order valence-electron chi connectivity index (χ3n) is 5.02. The second-order valence-corrected chi connectivity index (χ2v) is 7.48. The van der Waals surface area contributed by atoms with Crippen molar-refractivity contribution in [3.05, 3.63) is 12.2 Å². The standard InChI is InChI=1S/C18H30O6/c1-17(2)22-14-12(9-7-5-6-8-10-19)21-13-11-18(3,20-4)24-15(13)16(14)23-17/h5,7,12-16,19H,6,8-11H2,1-4H3/b7-5+/t12-,13+,14-,15-,16-,18-/m1/s1. The number of methoxy groups -OCH3 is 1. The van der Waals surface area contributed by atoms with Crippen molar-refractivity contribution in [2.45, 2.75) is 88.5 Å². The fourth-order valence-electron chi connectivity index (χ4n) is 3.84. The van der Waals surface area contributed by atoms with Crippen LogP contribution in [0.1, 0.15) is 46.5 Å². The minimum absolute atomic E-state index is 0.0514. The van der Waals surface area contributed by atoms with Gasteiger partial charge in [-0.05, 0) is 40.0 Å². The Kier molecular flexibility index (Phi) is 5.35. The highest BCUT2D eigenvalue weighted by Gasteiger charge is 2.60. The Bertz CT molecular complexity index is 464. The lowest BCUT2D eigenvalue weighted by atomic mass is 9.92. The van der Waals surface area contributed by atoms with Crippen molar-refractivity contribution in [3.8, 4) is 0 Å². The quantitative estimate of drug-likeness (QED) is 0.589. The lowest BCUT2D eigenvalue weighted by Gasteiger charge is -2.38. The van der Waals surface area contributed by atoms with E-state index in [1.165, 1.54) is 0 Å². The molecule has 6 nitrogen and oxygen atoms in total. The Balaban J connectivity index is 1.71. The molecule has 3 saturated heterocycles. The largest absolute Gasteiger partial charge is 0.396 e. The van der Waals surface area contributed by atoms with E-state index in [0.717, 1.165) is 19.3 Å². The van der Waals surface area contributed by atoms with E-state index in [2.05, 4.69) is 12.2 Å². The molecule has 3 aliphatic heterocycles. The first kappa shape index (κ1) is 18.3. The fraction of sp³-hybridized carbons (Fsp3) is 0.889. The summed E-state index contributed by atoms with van der Waals surface area (Å²) in [5.41, 5.74) is 0. The minimum Gasteiger partial charge on any atom is -0.396 e. The van der Waals surface area contributed by atoms with Gasteiger partial charge < -0.3 is 28.8 Å². The summed E-state index contributed by atoms with van der Waals surface area (Å²) in [6.07, 6.45) is 6.72. The average Bonchev–Trinajstić information content (AvgIpc) is 3.03. The first-order valence-electron chi connectivity index (χ1n) is 8.87. The Morgan fingerprint density at radius 3 is 2.54 bits per heavy atom. The van der Waals surface area contributed by atoms with E-state index in [9.17, 15) is 0 Å². The van der Waals surface area contributed by atoms with Gasteiger partial charge in [-0.1, -0.05) is 12.2 Å². The highest BCUT2D eigenvalue weighted by molar-refractivity contribution is 5.05. The van der Waals surface area contributed by atoms with Gasteiger partial charge in [0.25, 0.3) is 0 Å². The highest BCUT2D eigenvalue weighted by Crippen LogP contribution is 2.46. The summed E-state index contributed by atoms with van der Waals surface area (Å²) in [4.78, 5) is 0. The Labute approximate surface area is 144 Å². The SMILES string of the molecule is CO[C@@]1(C)C[C@@H]2O[C@H](C/C=C/CCCO)[C@H]3OC(C)(C)O[C@H]3[C@@H]2O1. The average molecular weight is 342 g/mol. The van der Waals surface area contributed by atoms with Crippen molar-refractivity contribution < 1.29 is 28.8 Å². The van der Waals surface area contributed by atoms with Crippen molar-refractivity contribution in [3.63, 3.8) is 0 Å². The van der Waals surface area contributed by atoms with Gasteiger partial charge in [0.15, 0.2) is 11.6 Å². The van der Waals surface area contributed by atoms with Gasteiger partial charge in [0.1, 0.15) is 18.3 Å². The second-order valence-electron chi connectivity index (χ2n) is 7.48. The number of fused-ring (bicyclic) bond motifs is 3. The van der Waals surface area contributed by atoms with Crippen LogP contribution in [0.15, 0.2) is 12.2 Å². The fourth-order valence-corrected chi connectivity index (χ4v) is 3.84. The topological polar surface area (TPSA) is 66.4 Å². The van der Waals surface area contributed by atoms with Gasteiger partial charge in [0.2, 0.25) is 0 Å². The smallest absolute Gasteiger partial charge is 0.168 e. The maximum atomic E-state index is 8.85. The van der Waals surface area contributed by atoms with E-state index < -0.39 is 11.6 Å². The Morgan fingerprint density at radius 2 is 1.83 bits per heavy atom. The van der Waals surface area contributed by atoms with E-state index in [1.807, 2.05) is 20.8 Å². The molecule has 138 valence electrons. The van der Waals surface area contributed by atoms with Crippen LogP contribution >= 0.6 is 0 Å². The number of rotatable bonds is 6. The molecule has 3 fully saturated rings. The molecule has 0 amide bonds. The van der Waals surface area contributed by atoms with Gasteiger partial charge in [0.05, 0.1) is 12.2 Å². The molecule has 3 aliphatic rings. The van der Waals surface area contributed by atoms with Crippen LogP contribution in [0.4, 0.5) is 0 Å². The third kappa shape index (κ3) is 3.69. The molecule has 0 aromatic rings. The van der Waals surface area contributed by atoms with E-state index in [4.69, 9.17) is 28.8 Å². The number of aliphatic hydroxyl groups is 1. The van der Waals surface area contributed by atoms with Crippen molar-refractivity contribution in [1.82, 2.24) is 0 Å². The zero-order valence-electron chi connectivity index (χ0n) is 15.1. The molecule has 3 heterocycles. The second kappa shape index (κ2) is 7.02. The molecule has 0 radical (unpaired) electrons. The third-order valence-corrected chi connectivity index (χ3v) is 5.02. The molecule has 0 bridgehead atoms. The molecule has 0 aromatic carbocycles. The first-order chi connectivity index (χ1) is 11.4. The van der Waals surface area contributed by atoms with E-state index >= 15 is 0 Å². The molecular formula is C18H30O6. The first-order valence-corrected chi connectivity index (χ1v) is 8.87. The van der Waals surface area contributed by atoms with E-state index in [1.54, 1.807) is 7.11 Å². The van der Waals surface area contributed by atoms with Gasteiger partial charge in [-0.15, -0.1) is 0 Å². The van der Waals surface area contributed by atoms with Gasteiger partial charge in [-0.2, -0.15) is 0 Å². The molecule has 0 aliphatic carbocycles. The number of hydrogen-bond donors (Lipinski definition) is 1. The summed E-state index contributed by atoms with van der Waals surface area (Å²) in [5.74, 6) is -1.27. The molecule has 0 unspecified atom stereocenters. The summed E-state index contributed by atoms with van der Waals surface area (Å²) in [7, 11) is 1.66. The van der Waals surface area contributed by atoms with Crippen LogP contribution < -0.4 is 0 Å². The molecule has 1 N–H and O–H groups in total. The van der Waals surface area contributed by atoms with Crippen LogP contribution in [0.5, 0.6) is 0 Å². The van der Waals surface area contributed by atoms with Crippen LogP contribution in [-0.4, -0.2) is 60.9 Å². The van der Waals surface area contributed by atoms with Crippen molar-refractivity contribution >= 4 is 0 Å². The monoisotopic (exact) mass is 342 g/mol. The van der Waals surface area contributed by atoms with Gasteiger partial charge in [-0.3, -0.25) is 0 Å². The summed E-state index contributed by atoms with van der Waals surface area (Å²) in [5, 5.41) is 8.85. The molecule has 0 saturated carbocycles. The van der Waals surface area contributed by atoms with E-state index in [-0.39, 0.29) is 37.1 Å². The predicted octanol–water partition coefficient (Wildman–Crippen LogP) is 2.14. The molecule has 6 heteroatoms. The minimum atomic E-state index is -0.637. The number of hydrogen-bond acceptors (Lipinski definition) is 6. The van der Waals surface area contributed by atoms with Crippen LogP contribution in [0, 0.1) is 0 Å². The van der Waals surface area contributed by atoms with Crippen LogP contribution in [-0.2, 0) is 23.7 Å². The van der Waals surface area contributed by atoms with Gasteiger partial charge in [-0.25, -0.2) is 0 Å². The molecule has 0 spiro atoms. The number of ether oxygens (including phenoxy) is 5. The highest BCUT2D eigenvalue weighted by atomic mass is 16.8. The van der Waals surface area contributed by atoms with Crippen LogP contribution in [0.2, 0.25) is 0 Å². The maximum absolute atomic E-state index is 8.85. The number of aliphatic hydroxyl groups excluding tert-OH is 1. The van der Waals surface area contributed by atoms with E-state index in [0.29, 0.717) is 6.42 Å². The molecule has 24 heavy (non-hydrogen) atoms. The summed E-state index contributed by atoms with van der Waals surface area (Å²) < 4.78 is 30.2. The van der Waals surface area contributed by atoms with Crippen LogP contribution in [0.25, 0.3) is 0 Å². The molecule has 6 atom stereocenters. The van der Waals surface area contributed by atoms with Crippen molar-refractivity contribution in [2.75, 3.05) is 13.7 Å². The Morgan fingerprint density at radius 1 is 1.08 bits per heavy atom. The molecule has 3 rings (SSSR count). The number of unbranched alkanes of at least 4 members (excludes halogenated alkanes) is 1. The van der Waals surface area contributed by atoms with Crippen molar-refractivity contribution in [1.29, 1.82) is 0 Å². The summed E-state index contributed by atoms with van der Waals surface area (Å²) in [6, 6.07) is 0.